The van der Waals surface area contributed by atoms with Crippen LogP contribution in [0, 0.1) is 32.6 Å². The van der Waals surface area contributed by atoms with Crippen molar-refractivity contribution in [3.63, 3.8) is 0 Å². The molecule has 0 radical (unpaired) electrons. The van der Waals surface area contributed by atoms with Crippen LogP contribution in [0.5, 0.6) is 0 Å². The monoisotopic (exact) mass is 1570 g/mol. The van der Waals surface area contributed by atoms with Gasteiger partial charge in [-0.15, -0.1) is 165 Å². The van der Waals surface area contributed by atoms with Gasteiger partial charge in [-0.2, -0.15) is 0 Å². The van der Waals surface area contributed by atoms with E-state index in [4.69, 9.17) is 0 Å². The normalized spacial score (nSPS) is 11.5. The van der Waals surface area contributed by atoms with Gasteiger partial charge in [-0.05, 0) is 225 Å². The molecule has 14 heteroatoms. The first-order chi connectivity index (χ1) is 49.0. The lowest BCUT2D eigenvalue weighted by molar-refractivity contribution is 0.670. The molecule has 0 nitrogen and oxygen atoms in total. The Kier molecular flexibility index (Phi) is 26.4. The van der Waals surface area contributed by atoms with E-state index in [9.17, 15) is 0 Å². The van der Waals surface area contributed by atoms with E-state index in [0.29, 0.717) is 0 Å². The van der Waals surface area contributed by atoms with Crippen LogP contribution in [0.4, 0.5) is 0 Å². The maximum atomic E-state index is 3.38. The van der Waals surface area contributed by atoms with Crippen molar-refractivity contribution in [3.05, 3.63) is 185 Å². The summed E-state index contributed by atoms with van der Waals surface area (Å²) in [5.74, 6) is 6.53. The lowest BCUT2D eigenvalue weighted by atomic mass is 10.1. The molecule has 0 fully saturated rings. The SMILES string of the molecule is CC#Cc1cc(-c2ccc(-c3ccc(CCCCCC)s3)s2)c(-c2sc(C)cc2-c2ccc(-c3ccc(CCCCCC)s3)s2)s1.CCCCCCc1ccc(-c2ccc(-c3cc(C)sc3-c3sc(-c4ccc(-c5ccc(C)s5)s4)cc3-c3ccc(-c4ccc(CCCCCC)s4)s3)s2)s1. The van der Waals surface area contributed by atoms with Crippen LogP contribution >= 0.6 is 159 Å². The average Bonchev–Trinajstić information content (AvgIpc) is 1.61. The Hall–Kier alpha value is -4.64. The third-order valence-electron chi connectivity index (χ3n) is 17.9. The Balaban J connectivity index is 0.000000182. The van der Waals surface area contributed by atoms with Gasteiger partial charge in [0.15, 0.2) is 0 Å². The molecule has 14 rings (SSSR count). The molecule has 100 heavy (non-hydrogen) atoms. The number of thiophene rings is 14. The fraction of sp³-hybridized carbons (Fsp3) is 0.326. The number of aryl methyl sites for hydroxylation is 7. The van der Waals surface area contributed by atoms with E-state index in [-0.39, 0.29) is 0 Å². The molecule has 0 amide bonds. The predicted octanol–water partition coefficient (Wildman–Crippen LogP) is 34.0. The lowest BCUT2D eigenvalue weighted by Gasteiger charge is -2.03. The smallest absolute Gasteiger partial charge is 0.0781 e. The van der Waals surface area contributed by atoms with Crippen LogP contribution in [-0.4, -0.2) is 0 Å². The summed E-state index contributed by atoms with van der Waals surface area (Å²) in [6.45, 7) is 17.8. The maximum absolute atomic E-state index is 3.38. The van der Waals surface area contributed by atoms with Gasteiger partial charge in [0.25, 0.3) is 0 Å². The summed E-state index contributed by atoms with van der Waals surface area (Å²) >= 11 is 27.2. The van der Waals surface area contributed by atoms with Gasteiger partial charge >= 0.3 is 0 Å². The molecule has 0 aliphatic heterocycles. The van der Waals surface area contributed by atoms with Crippen molar-refractivity contribution in [1.82, 2.24) is 0 Å². The standard InChI is InChI=1S/C46H46S8.C40H42S6/c1-5-7-9-11-13-31-16-19-38(49-31)41-23-21-35(51-41)33-27-30(4)48-45(33)46-34(28-44(54-46)43-26-25-40(53-43)37-18-15-29(3)47-37)36-22-24-42(52-36)39-20-17-32(50-39)14-12-10-8-6-2;1-5-8-10-12-15-28-17-19-35(42-28)37-23-21-33(45-37)31-25-27(4)41-39(31)40-32(26-30(44-40)14-7-3)34-22-24-38(46-34)36-20-18-29(43-36)16-13-11-9-6-2/h15-28H,5-14H2,1-4H3;17-26H,5-6,8-13,15-16H2,1-4H3. The molecule has 0 aromatic carbocycles. The predicted molar refractivity (Wildman–Crippen MR) is 467 cm³/mol. The summed E-state index contributed by atoms with van der Waals surface area (Å²) in [6.07, 6.45) is 25.9. The number of rotatable bonds is 32. The van der Waals surface area contributed by atoms with E-state index in [0.717, 1.165) is 4.88 Å². The molecule has 516 valence electrons. The first-order valence-corrected chi connectivity index (χ1v) is 47.3. The second kappa shape index (κ2) is 35.9. The molecule has 14 aromatic rings. The van der Waals surface area contributed by atoms with Crippen molar-refractivity contribution in [2.75, 3.05) is 0 Å². The molecule has 0 atom stereocenters. The molecule has 0 bridgehead atoms. The maximum Gasteiger partial charge on any atom is 0.0781 e. The third-order valence-corrected chi connectivity index (χ3v) is 34.8. The summed E-state index contributed by atoms with van der Waals surface area (Å²) in [4.78, 5) is 38.8. The van der Waals surface area contributed by atoms with Crippen LogP contribution in [0.25, 0.3) is 120 Å². The minimum absolute atomic E-state index is 1.14. The highest BCUT2D eigenvalue weighted by molar-refractivity contribution is 7.31. The Morgan fingerprint density at radius 3 is 0.860 bits per heavy atom. The summed E-state index contributed by atoms with van der Waals surface area (Å²) < 4.78 is 0. The Labute approximate surface area is 651 Å². The van der Waals surface area contributed by atoms with Gasteiger partial charge in [0.1, 0.15) is 0 Å². The second-order valence-corrected chi connectivity index (χ2v) is 41.8. The van der Waals surface area contributed by atoms with Crippen LogP contribution < -0.4 is 0 Å². The Bertz CT molecular complexity index is 4950. The summed E-state index contributed by atoms with van der Waals surface area (Å²) in [7, 11) is 0. The van der Waals surface area contributed by atoms with E-state index in [2.05, 4.69) is 206 Å². The van der Waals surface area contributed by atoms with Crippen molar-refractivity contribution >= 4 is 159 Å². The highest BCUT2D eigenvalue weighted by Gasteiger charge is 2.26. The largest absolute Gasteiger partial charge is 0.140 e. The molecule has 14 heterocycles. The average molecular weight is 1570 g/mol. The van der Waals surface area contributed by atoms with Crippen molar-refractivity contribution in [2.45, 2.75) is 184 Å². The quantitative estimate of drug-likeness (QED) is 0.0291. The van der Waals surface area contributed by atoms with Gasteiger partial charge in [-0.3, -0.25) is 0 Å². The molecule has 0 unspecified atom stereocenters. The Morgan fingerprint density at radius 1 is 0.230 bits per heavy atom. The second-order valence-electron chi connectivity index (χ2n) is 25.8. The van der Waals surface area contributed by atoms with Crippen molar-refractivity contribution < 1.29 is 0 Å². The molecule has 14 aromatic heterocycles. The fourth-order valence-corrected chi connectivity index (χ4v) is 28.2. The van der Waals surface area contributed by atoms with Gasteiger partial charge in [0.05, 0.1) is 24.4 Å². The van der Waals surface area contributed by atoms with Gasteiger partial charge in [0.2, 0.25) is 0 Å². The lowest BCUT2D eigenvalue weighted by Crippen LogP contribution is -1.80. The highest BCUT2D eigenvalue weighted by Crippen LogP contribution is 2.56. The van der Waals surface area contributed by atoms with Crippen molar-refractivity contribution in [1.29, 1.82) is 0 Å². The third kappa shape index (κ3) is 18.3. The molecule has 0 N–H and O–H groups in total. The zero-order valence-corrected chi connectivity index (χ0v) is 70.1. The van der Waals surface area contributed by atoms with Crippen LogP contribution in [0.1, 0.15) is 176 Å². The van der Waals surface area contributed by atoms with Gasteiger partial charge in [-0.1, -0.05) is 111 Å². The number of hydrogen-bond donors (Lipinski definition) is 0. The minimum atomic E-state index is 1.14. The summed E-state index contributed by atoms with van der Waals surface area (Å²) in [5, 5.41) is 0. The van der Waals surface area contributed by atoms with E-state index < -0.39 is 0 Å². The van der Waals surface area contributed by atoms with Crippen LogP contribution in [0.2, 0.25) is 0 Å². The Morgan fingerprint density at radius 2 is 0.510 bits per heavy atom. The minimum Gasteiger partial charge on any atom is -0.140 e. The van der Waals surface area contributed by atoms with Crippen LogP contribution in [-0.2, 0) is 25.7 Å². The molecule has 0 saturated carbocycles. The first-order valence-electron chi connectivity index (χ1n) is 35.9. The topological polar surface area (TPSA) is 0 Å². The number of unbranched alkanes of at least 4 members (excludes halogenated alkanes) is 12. The number of hydrogen-bond acceptors (Lipinski definition) is 14. The van der Waals surface area contributed by atoms with E-state index in [1.807, 2.05) is 166 Å². The van der Waals surface area contributed by atoms with Gasteiger partial charge in [-0.25, -0.2) is 0 Å². The van der Waals surface area contributed by atoms with Gasteiger partial charge in [0, 0.05) is 134 Å². The summed E-state index contributed by atoms with van der Waals surface area (Å²) in [5.41, 5.74) is 5.43. The first kappa shape index (κ1) is 73.7. The zero-order chi connectivity index (χ0) is 68.9. The summed E-state index contributed by atoms with van der Waals surface area (Å²) in [6, 6.07) is 56.4. The molecule has 0 aliphatic carbocycles. The zero-order valence-electron chi connectivity index (χ0n) is 58.7. The van der Waals surface area contributed by atoms with Crippen molar-refractivity contribution in [3.8, 4) is 132 Å². The molecule has 0 aliphatic rings. The van der Waals surface area contributed by atoms with E-state index in [1.54, 1.807) is 0 Å². The van der Waals surface area contributed by atoms with Crippen LogP contribution in [0.15, 0.2) is 146 Å². The van der Waals surface area contributed by atoms with E-state index >= 15 is 0 Å². The van der Waals surface area contributed by atoms with Crippen LogP contribution in [0.3, 0.4) is 0 Å². The highest BCUT2D eigenvalue weighted by atomic mass is 32.2. The molecular formula is C86H88S14. The molecule has 0 saturated heterocycles. The molecular weight excluding hydrogens is 1480 g/mol. The van der Waals surface area contributed by atoms with Crippen molar-refractivity contribution in [2.24, 2.45) is 0 Å². The van der Waals surface area contributed by atoms with Gasteiger partial charge < -0.3 is 0 Å². The molecule has 0 spiro atoms. The fourth-order valence-electron chi connectivity index (χ4n) is 12.6. The van der Waals surface area contributed by atoms with E-state index in [1.165, 1.54) is 282 Å².